The summed E-state index contributed by atoms with van der Waals surface area (Å²) in [5.41, 5.74) is 9.10. The third-order valence-electron chi connectivity index (χ3n) is 2.33. The third-order valence-corrected chi connectivity index (χ3v) is 2.33. The van der Waals surface area contributed by atoms with Crippen LogP contribution < -0.4 is 5.73 Å². The van der Waals surface area contributed by atoms with E-state index in [2.05, 4.69) is 4.98 Å². The molecule has 0 saturated carbocycles. The Morgan fingerprint density at radius 1 is 1.20 bits per heavy atom. The Hall–Kier alpha value is -1.90. The minimum Gasteiger partial charge on any atom is -0.398 e. The van der Waals surface area contributed by atoms with Gasteiger partial charge in [0.05, 0.1) is 0 Å². The molecule has 1 aromatic heterocycles. The van der Waals surface area contributed by atoms with E-state index in [0.717, 1.165) is 16.7 Å². The lowest BCUT2D eigenvalue weighted by molar-refractivity contribution is 0.627. The standard InChI is InChI=1S/C12H11FN2/c1-8-6-9(13)2-3-10(8)11-7-15-5-4-12(11)14/h2-7H,1H3,(H2,14,15). The topological polar surface area (TPSA) is 38.9 Å². The Kier molecular flexibility index (Phi) is 2.37. The van der Waals surface area contributed by atoms with Gasteiger partial charge in [0.2, 0.25) is 0 Å². The summed E-state index contributed by atoms with van der Waals surface area (Å²) in [6.07, 6.45) is 3.33. The van der Waals surface area contributed by atoms with E-state index in [-0.39, 0.29) is 5.82 Å². The first-order valence-electron chi connectivity index (χ1n) is 4.64. The van der Waals surface area contributed by atoms with Crippen LogP contribution in [-0.2, 0) is 0 Å². The van der Waals surface area contributed by atoms with Crippen LogP contribution in [0.1, 0.15) is 5.56 Å². The number of hydrogen-bond acceptors (Lipinski definition) is 2. The van der Waals surface area contributed by atoms with E-state index >= 15 is 0 Å². The van der Waals surface area contributed by atoms with Crippen molar-refractivity contribution in [1.82, 2.24) is 4.98 Å². The molecule has 0 amide bonds. The third kappa shape index (κ3) is 1.81. The molecule has 0 aliphatic rings. The molecule has 0 aliphatic heterocycles. The predicted molar refractivity (Wildman–Crippen MR) is 58.8 cm³/mol. The molecule has 0 saturated heterocycles. The van der Waals surface area contributed by atoms with Crippen molar-refractivity contribution in [2.45, 2.75) is 6.92 Å². The second-order valence-electron chi connectivity index (χ2n) is 3.42. The molecule has 2 N–H and O–H groups in total. The van der Waals surface area contributed by atoms with Crippen LogP contribution in [0, 0.1) is 12.7 Å². The molecule has 0 bridgehead atoms. The molecule has 0 unspecified atom stereocenters. The molecule has 2 rings (SSSR count). The van der Waals surface area contributed by atoms with Crippen molar-refractivity contribution in [3.05, 3.63) is 48.0 Å². The fraction of sp³-hybridized carbons (Fsp3) is 0.0833. The maximum Gasteiger partial charge on any atom is 0.123 e. The van der Waals surface area contributed by atoms with Gasteiger partial charge in [-0.05, 0) is 36.2 Å². The van der Waals surface area contributed by atoms with Crippen LogP contribution in [-0.4, -0.2) is 4.98 Å². The Labute approximate surface area is 87.6 Å². The van der Waals surface area contributed by atoms with Crippen LogP contribution in [0.4, 0.5) is 10.1 Å². The first-order chi connectivity index (χ1) is 7.18. The average Bonchev–Trinajstić information content (AvgIpc) is 2.20. The quantitative estimate of drug-likeness (QED) is 0.772. The summed E-state index contributed by atoms with van der Waals surface area (Å²) in [6, 6.07) is 6.37. The van der Waals surface area contributed by atoms with Crippen molar-refractivity contribution < 1.29 is 4.39 Å². The molecule has 0 radical (unpaired) electrons. The number of rotatable bonds is 1. The molecule has 2 nitrogen and oxygen atoms in total. The maximum absolute atomic E-state index is 12.9. The second-order valence-corrected chi connectivity index (χ2v) is 3.42. The lowest BCUT2D eigenvalue weighted by Gasteiger charge is -2.07. The summed E-state index contributed by atoms with van der Waals surface area (Å²) < 4.78 is 12.9. The molecule has 1 aromatic carbocycles. The van der Waals surface area contributed by atoms with Gasteiger partial charge in [0.1, 0.15) is 5.82 Å². The highest BCUT2D eigenvalue weighted by atomic mass is 19.1. The largest absolute Gasteiger partial charge is 0.398 e. The van der Waals surface area contributed by atoms with Gasteiger partial charge in [0.25, 0.3) is 0 Å². The number of pyridine rings is 1. The first-order valence-corrected chi connectivity index (χ1v) is 4.64. The number of benzene rings is 1. The van der Waals surface area contributed by atoms with Crippen molar-refractivity contribution >= 4 is 5.69 Å². The van der Waals surface area contributed by atoms with Crippen LogP contribution in [0.2, 0.25) is 0 Å². The molecule has 0 atom stereocenters. The van der Waals surface area contributed by atoms with E-state index in [0.29, 0.717) is 5.69 Å². The van der Waals surface area contributed by atoms with Crippen LogP contribution in [0.5, 0.6) is 0 Å². The van der Waals surface area contributed by atoms with Crippen LogP contribution >= 0.6 is 0 Å². The van der Waals surface area contributed by atoms with Gasteiger partial charge in [0.15, 0.2) is 0 Å². The monoisotopic (exact) mass is 202 g/mol. The van der Waals surface area contributed by atoms with Crippen molar-refractivity contribution in [2.75, 3.05) is 5.73 Å². The Bertz CT molecular complexity index is 495. The predicted octanol–water partition coefficient (Wildman–Crippen LogP) is 2.78. The summed E-state index contributed by atoms with van der Waals surface area (Å²) in [7, 11) is 0. The van der Waals surface area contributed by atoms with Crippen LogP contribution in [0.15, 0.2) is 36.7 Å². The van der Waals surface area contributed by atoms with E-state index in [1.165, 1.54) is 12.1 Å². The lowest BCUT2D eigenvalue weighted by atomic mass is 10.0. The molecule has 76 valence electrons. The molecule has 0 fully saturated rings. The number of nitrogen functional groups attached to an aromatic ring is 1. The van der Waals surface area contributed by atoms with Gasteiger partial charge in [-0.3, -0.25) is 4.98 Å². The zero-order valence-corrected chi connectivity index (χ0v) is 8.37. The van der Waals surface area contributed by atoms with Gasteiger partial charge >= 0.3 is 0 Å². The van der Waals surface area contributed by atoms with Gasteiger partial charge in [-0.2, -0.15) is 0 Å². The van der Waals surface area contributed by atoms with Crippen molar-refractivity contribution in [1.29, 1.82) is 0 Å². The number of nitrogens with two attached hydrogens (primary N) is 1. The molecule has 1 heterocycles. The van der Waals surface area contributed by atoms with Gasteiger partial charge in [-0.1, -0.05) is 6.07 Å². The zero-order valence-electron chi connectivity index (χ0n) is 8.37. The Morgan fingerprint density at radius 3 is 2.67 bits per heavy atom. The smallest absolute Gasteiger partial charge is 0.123 e. The number of aromatic nitrogens is 1. The molecular weight excluding hydrogens is 191 g/mol. The SMILES string of the molecule is Cc1cc(F)ccc1-c1cnccc1N. The van der Waals surface area contributed by atoms with Crippen molar-refractivity contribution in [3.63, 3.8) is 0 Å². The summed E-state index contributed by atoms with van der Waals surface area (Å²) in [4.78, 5) is 4.01. The van der Waals surface area contributed by atoms with Gasteiger partial charge in [-0.25, -0.2) is 4.39 Å². The van der Waals surface area contributed by atoms with E-state index in [4.69, 9.17) is 5.73 Å². The fourth-order valence-corrected chi connectivity index (χ4v) is 1.56. The highest BCUT2D eigenvalue weighted by molar-refractivity contribution is 5.77. The van der Waals surface area contributed by atoms with Crippen molar-refractivity contribution in [3.8, 4) is 11.1 Å². The second kappa shape index (κ2) is 3.69. The number of nitrogens with zero attached hydrogens (tertiary/aromatic N) is 1. The number of halogens is 1. The minimum atomic E-state index is -0.237. The average molecular weight is 202 g/mol. The summed E-state index contributed by atoms with van der Waals surface area (Å²) in [6.45, 7) is 1.85. The van der Waals surface area contributed by atoms with Crippen LogP contribution in [0.25, 0.3) is 11.1 Å². The molecule has 15 heavy (non-hydrogen) atoms. The first kappa shape index (κ1) is 9.65. The van der Waals surface area contributed by atoms with Gasteiger partial charge < -0.3 is 5.73 Å². The zero-order chi connectivity index (χ0) is 10.8. The number of aryl methyl sites for hydroxylation is 1. The Morgan fingerprint density at radius 2 is 2.00 bits per heavy atom. The minimum absolute atomic E-state index is 0.237. The van der Waals surface area contributed by atoms with E-state index in [1.807, 2.05) is 6.92 Å². The van der Waals surface area contributed by atoms with E-state index in [9.17, 15) is 4.39 Å². The molecular formula is C12H11FN2. The molecule has 0 aliphatic carbocycles. The van der Waals surface area contributed by atoms with Gasteiger partial charge in [0, 0.05) is 23.6 Å². The fourth-order valence-electron chi connectivity index (χ4n) is 1.56. The summed E-state index contributed by atoms with van der Waals surface area (Å²) >= 11 is 0. The summed E-state index contributed by atoms with van der Waals surface area (Å²) in [5, 5.41) is 0. The molecule has 3 heteroatoms. The highest BCUT2D eigenvalue weighted by Gasteiger charge is 2.05. The Balaban J connectivity index is 2.60. The van der Waals surface area contributed by atoms with Crippen LogP contribution in [0.3, 0.4) is 0 Å². The highest BCUT2D eigenvalue weighted by Crippen LogP contribution is 2.27. The lowest BCUT2D eigenvalue weighted by Crippen LogP contribution is -1.93. The molecule has 2 aromatic rings. The number of anilines is 1. The number of hydrogen-bond donors (Lipinski definition) is 1. The van der Waals surface area contributed by atoms with E-state index in [1.54, 1.807) is 24.5 Å². The van der Waals surface area contributed by atoms with Crippen molar-refractivity contribution in [2.24, 2.45) is 0 Å². The van der Waals surface area contributed by atoms with Gasteiger partial charge in [-0.15, -0.1) is 0 Å². The summed E-state index contributed by atoms with van der Waals surface area (Å²) in [5.74, 6) is -0.237. The van der Waals surface area contributed by atoms with E-state index < -0.39 is 0 Å². The normalized spacial score (nSPS) is 10.3. The maximum atomic E-state index is 12.9. The molecule has 0 spiro atoms.